The van der Waals surface area contributed by atoms with Crippen LogP contribution in [0.5, 0.6) is 5.75 Å². The number of hydrogen-bond donors (Lipinski definition) is 1. The number of ether oxygens (including phenoxy) is 1. The van der Waals surface area contributed by atoms with Gasteiger partial charge in [-0.05, 0) is 66.7 Å². The molecule has 1 aromatic heterocycles. The molecule has 0 aliphatic heterocycles. The molecular formula is C25H23NO3. The highest BCUT2D eigenvalue weighted by molar-refractivity contribution is 5.94. The molecule has 0 bridgehead atoms. The summed E-state index contributed by atoms with van der Waals surface area (Å²) >= 11 is 0. The zero-order valence-electron chi connectivity index (χ0n) is 16.4. The van der Waals surface area contributed by atoms with Gasteiger partial charge in [0.2, 0.25) is 0 Å². The van der Waals surface area contributed by atoms with E-state index in [2.05, 4.69) is 30.1 Å². The van der Waals surface area contributed by atoms with Gasteiger partial charge in [0.25, 0.3) is 0 Å². The first kappa shape index (κ1) is 18.9. The van der Waals surface area contributed by atoms with E-state index in [0.717, 1.165) is 41.8 Å². The number of aromatic nitrogens is 1. The van der Waals surface area contributed by atoms with Crippen molar-refractivity contribution >= 4 is 17.1 Å². The van der Waals surface area contributed by atoms with Crippen LogP contribution in [0.25, 0.3) is 11.1 Å². The van der Waals surface area contributed by atoms with Gasteiger partial charge in [-0.1, -0.05) is 48.5 Å². The number of hydrogen-bond acceptors (Lipinski definition) is 3. The molecule has 4 rings (SSSR count). The second-order valence-corrected chi connectivity index (χ2v) is 7.24. The zero-order chi connectivity index (χ0) is 20.2. The Morgan fingerprint density at radius 2 is 1.72 bits per heavy atom. The molecule has 1 aliphatic rings. The number of carbonyl (C=O) groups is 1. The van der Waals surface area contributed by atoms with E-state index in [0.29, 0.717) is 6.61 Å². The van der Waals surface area contributed by atoms with Crippen LogP contribution in [-0.4, -0.2) is 16.1 Å². The molecule has 0 radical (unpaired) electrons. The summed E-state index contributed by atoms with van der Waals surface area (Å²) < 4.78 is 6.21. The first-order chi connectivity index (χ1) is 14.1. The van der Waals surface area contributed by atoms with Gasteiger partial charge >= 0.3 is 5.97 Å². The van der Waals surface area contributed by atoms with Crippen LogP contribution in [0, 0.1) is 6.92 Å². The van der Waals surface area contributed by atoms with Gasteiger partial charge in [0.05, 0.1) is 5.69 Å². The highest BCUT2D eigenvalue weighted by atomic mass is 16.5. The summed E-state index contributed by atoms with van der Waals surface area (Å²) in [7, 11) is 0. The van der Waals surface area contributed by atoms with Crippen LogP contribution in [-0.2, 0) is 6.61 Å². The largest absolute Gasteiger partial charge is 0.488 e. The molecule has 4 nitrogen and oxygen atoms in total. The Balaban J connectivity index is 1.69. The van der Waals surface area contributed by atoms with Crippen molar-refractivity contribution in [3.05, 3.63) is 94.8 Å². The topological polar surface area (TPSA) is 59.4 Å². The molecule has 1 heterocycles. The number of aryl methyl sites for hydroxylation is 1. The molecule has 3 aromatic rings. The second kappa shape index (κ2) is 8.31. The molecule has 0 saturated carbocycles. The number of carboxylic acid groups (broad SMARTS) is 1. The highest BCUT2D eigenvalue weighted by Crippen LogP contribution is 2.42. The van der Waals surface area contributed by atoms with Crippen molar-refractivity contribution < 1.29 is 14.6 Å². The van der Waals surface area contributed by atoms with E-state index in [1.165, 1.54) is 22.8 Å². The smallest absolute Gasteiger partial charge is 0.354 e. The number of allylic oxidation sites excluding steroid dienone is 2. The Morgan fingerprint density at radius 3 is 2.55 bits per heavy atom. The van der Waals surface area contributed by atoms with Gasteiger partial charge in [0.15, 0.2) is 0 Å². The molecule has 0 atom stereocenters. The van der Waals surface area contributed by atoms with Gasteiger partial charge < -0.3 is 9.84 Å². The van der Waals surface area contributed by atoms with Gasteiger partial charge in [-0.15, -0.1) is 0 Å². The fourth-order valence-corrected chi connectivity index (χ4v) is 3.81. The van der Waals surface area contributed by atoms with Gasteiger partial charge in [-0.2, -0.15) is 0 Å². The standard InChI is InChI=1S/C25H23NO3/c1-17-8-2-3-9-18(17)16-29-24-15-5-4-10-21(24)19-11-6-12-20(19)22-13-7-14-23(26-22)25(27)28/h2-5,7-10,13-15H,6,11-12,16H2,1H3,(H,27,28). The lowest BCUT2D eigenvalue weighted by Crippen LogP contribution is -2.03. The number of aromatic carboxylic acids is 1. The summed E-state index contributed by atoms with van der Waals surface area (Å²) in [6.07, 6.45) is 2.84. The predicted molar refractivity (Wildman–Crippen MR) is 114 cm³/mol. The summed E-state index contributed by atoms with van der Waals surface area (Å²) in [6.45, 7) is 2.60. The fraction of sp³-hybridized carbons (Fsp3) is 0.200. The molecule has 4 heteroatoms. The summed E-state index contributed by atoms with van der Waals surface area (Å²) in [6, 6.07) is 21.5. The van der Waals surface area contributed by atoms with E-state index >= 15 is 0 Å². The van der Waals surface area contributed by atoms with Crippen molar-refractivity contribution in [1.29, 1.82) is 0 Å². The van der Waals surface area contributed by atoms with E-state index in [-0.39, 0.29) is 5.69 Å². The average molecular weight is 385 g/mol. The summed E-state index contributed by atoms with van der Waals surface area (Å²) in [4.78, 5) is 15.7. The van der Waals surface area contributed by atoms with E-state index in [4.69, 9.17) is 4.74 Å². The molecule has 146 valence electrons. The minimum Gasteiger partial charge on any atom is -0.488 e. The quantitative estimate of drug-likeness (QED) is 0.586. The maximum Gasteiger partial charge on any atom is 0.354 e. The van der Waals surface area contributed by atoms with E-state index in [9.17, 15) is 9.90 Å². The van der Waals surface area contributed by atoms with Gasteiger partial charge in [-0.25, -0.2) is 9.78 Å². The summed E-state index contributed by atoms with van der Waals surface area (Å²) in [5, 5.41) is 9.28. The number of para-hydroxylation sites is 1. The second-order valence-electron chi connectivity index (χ2n) is 7.24. The van der Waals surface area contributed by atoms with E-state index in [1.54, 1.807) is 6.07 Å². The summed E-state index contributed by atoms with van der Waals surface area (Å²) in [5.41, 5.74) is 6.56. The Labute approximate surface area is 170 Å². The Morgan fingerprint density at radius 1 is 0.966 bits per heavy atom. The van der Waals surface area contributed by atoms with Gasteiger partial charge in [-0.3, -0.25) is 0 Å². The third kappa shape index (κ3) is 4.06. The Bertz CT molecular complexity index is 1080. The van der Waals surface area contributed by atoms with Gasteiger partial charge in [0.1, 0.15) is 18.1 Å². The van der Waals surface area contributed by atoms with Crippen molar-refractivity contribution in [1.82, 2.24) is 4.98 Å². The van der Waals surface area contributed by atoms with Crippen LogP contribution in [0.1, 0.15) is 52.1 Å². The van der Waals surface area contributed by atoms with Crippen LogP contribution in [0.15, 0.2) is 66.7 Å². The number of nitrogens with zero attached hydrogens (tertiary/aromatic N) is 1. The van der Waals surface area contributed by atoms with Crippen LogP contribution in [0.2, 0.25) is 0 Å². The van der Waals surface area contributed by atoms with Crippen LogP contribution in [0.3, 0.4) is 0 Å². The minimum atomic E-state index is -1.01. The Hall–Kier alpha value is -3.40. The number of carboxylic acids is 1. The van der Waals surface area contributed by atoms with E-state index in [1.807, 2.05) is 36.4 Å². The molecule has 0 spiro atoms. The zero-order valence-corrected chi connectivity index (χ0v) is 16.4. The third-order valence-electron chi connectivity index (χ3n) is 5.35. The maximum absolute atomic E-state index is 11.3. The third-order valence-corrected chi connectivity index (χ3v) is 5.35. The number of rotatable bonds is 6. The predicted octanol–water partition coefficient (Wildman–Crippen LogP) is 5.76. The van der Waals surface area contributed by atoms with E-state index < -0.39 is 5.97 Å². The van der Waals surface area contributed by atoms with Crippen LogP contribution in [0.4, 0.5) is 0 Å². The molecule has 2 aromatic carbocycles. The molecule has 0 unspecified atom stereocenters. The molecule has 0 saturated heterocycles. The lowest BCUT2D eigenvalue weighted by molar-refractivity contribution is 0.0690. The molecule has 0 amide bonds. The van der Waals surface area contributed by atoms with Crippen molar-refractivity contribution in [2.75, 3.05) is 0 Å². The lowest BCUT2D eigenvalue weighted by Gasteiger charge is -2.15. The molecule has 1 N–H and O–H groups in total. The molecule has 1 aliphatic carbocycles. The Kier molecular flexibility index (Phi) is 5.43. The first-order valence-corrected chi connectivity index (χ1v) is 9.83. The first-order valence-electron chi connectivity index (χ1n) is 9.83. The average Bonchev–Trinajstić information content (AvgIpc) is 3.23. The summed E-state index contributed by atoms with van der Waals surface area (Å²) in [5.74, 6) is -0.159. The van der Waals surface area contributed by atoms with Crippen molar-refractivity contribution in [3.8, 4) is 5.75 Å². The van der Waals surface area contributed by atoms with Crippen molar-refractivity contribution in [2.45, 2.75) is 32.8 Å². The highest BCUT2D eigenvalue weighted by Gasteiger charge is 2.22. The van der Waals surface area contributed by atoms with Crippen LogP contribution < -0.4 is 4.74 Å². The monoisotopic (exact) mass is 385 g/mol. The molecule has 0 fully saturated rings. The fourth-order valence-electron chi connectivity index (χ4n) is 3.81. The molecule has 29 heavy (non-hydrogen) atoms. The van der Waals surface area contributed by atoms with Crippen molar-refractivity contribution in [3.63, 3.8) is 0 Å². The van der Waals surface area contributed by atoms with Gasteiger partial charge in [0, 0.05) is 5.56 Å². The molecular weight excluding hydrogens is 362 g/mol. The lowest BCUT2D eigenvalue weighted by atomic mass is 9.99. The van der Waals surface area contributed by atoms with Crippen molar-refractivity contribution in [2.24, 2.45) is 0 Å². The van der Waals surface area contributed by atoms with Crippen LogP contribution >= 0.6 is 0 Å². The number of pyridine rings is 1. The SMILES string of the molecule is Cc1ccccc1COc1ccccc1C1=C(c2cccc(C(=O)O)n2)CCC1. The minimum absolute atomic E-state index is 0.0744. The maximum atomic E-state index is 11.3. The normalized spacial score (nSPS) is 13.6. The number of benzene rings is 2.